The second-order valence-corrected chi connectivity index (χ2v) is 4.55. The van der Waals surface area contributed by atoms with E-state index in [1.807, 2.05) is 0 Å². The number of aryl methyl sites for hydroxylation is 1. The van der Waals surface area contributed by atoms with Gasteiger partial charge in [0.2, 0.25) is 0 Å². The molecule has 0 unspecified atom stereocenters. The van der Waals surface area contributed by atoms with Crippen LogP contribution < -0.4 is 0 Å². The highest BCUT2D eigenvalue weighted by molar-refractivity contribution is 6.31. The number of alkyl halides is 2. The van der Waals surface area contributed by atoms with E-state index in [0.29, 0.717) is 15.9 Å². The summed E-state index contributed by atoms with van der Waals surface area (Å²) in [5.74, 6) is -5.89. The zero-order valence-electron chi connectivity index (χ0n) is 9.45. The minimum absolute atomic E-state index is 0.288. The maximum atomic E-state index is 13.2. The van der Waals surface area contributed by atoms with Gasteiger partial charge in [-0.05, 0) is 17.7 Å². The van der Waals surface area contributed by atoms with E-state index in [2.05, 4.69) is 0 Å². The molecule has 0 radical (unpaired) electrons. The Labute approximate surface area is 107 Å². The molecular formula is C12H10ClF2NO2. The summed E-state index contributed by atoms with van der Waals surface area (Å²) >= 11 is 5.83. The van der Waals surface area contributed by atoms with Gasteiger partial charge in [-0.25, -0.2) is 4.79 Å². The van der Waals surface area contributed by atoms with Gasteiger partial charge in [0.05, 0.1) is 0 Å². The number of carboxylic acids is 1. The Hall–Kier alpha value is -1.62. The molecule has 0 atom stereocenters. The summed E-state index contributed by atoms with van der Waals surface area (Å²) in [6.45, 7) is 0. The molecular weight excluding hydrogens is 264 g/mol. The van der Waals surface area contributed by atoms with Crippen molar-refractivity contribution in [3.05, 3.63) is 35.0 Å². The lowest BCUT2D eigenvalue weighted by molar-refractivity contribution is -0.164. The second-order valence-electron chi connectivity index (χ2n) is 4.11. The van der Waals surface area contributed by atoms with Gasteiger partial charge in [-0.1, -0.05) is 17.7 Å². The number of rotatable bonds is 3. The largest absolute Gasteiger partial charge is 0.477 e. The van der Waals surface area contributed by atoms with Gasteiger partial charge < -0.3 is 9.67 Å². The van der Waals surface area contributed by atoms with Crippen molar-refractivity contribution >= 4 is 28.5 Å². The fraction of sp³-hybridized carbons (Fsp3) is 0.250. The van der Waals surface area contributed by atoms with E-state index in [0.717, 1.165) is 0 Å². The van der Waals surface area contributed by atoms with Gasteiger partial charge in [-0.3, -0.25) is 0 Å². The first-order valence-corrected chi connectivity index (χ1v) is 5.54. The highest BCUT2D eigenvalue weighted by Crippen LogP contribution is 2.29. The molecule has 0 bridgehead atoms. The lowest BCUT2D eigenvalue weighted by Gasteiger charge is -2.09. The summed E-state index contributed by atoms with van der Waals surface area (Å²) in [6.07, 6.45) is 0.666. The minimum atomic E-state index is -3.77. The Morgan fingerprint density at radius 3 is 2.78 bits per heavy atom. The average Bonchev–Trinajstić information content (AvgIpc) is 2.54. The number of aromatic nitrogens is 1. The van der Waals surface area contributed by atoms with Gasteiger partial charge >= 0.3 is 11.9 Å². The molecule has 1 heterocycles. The third-order valence-electron chi connectivity index (χ3n) is 2.76. The van der Waals surface area contributed by atoms with Crippen LogP contribution >= 0.6 is 11.6 Å². The van der Waals surface area contributed by atoms with Crippen LogP contribution in [0.3, 0.4) is 0 Å². The number of benzene rings is 1. The monoisotopic (exact) mass is 273 g/mol. The van der Waals surface area contributed by atoms with Crippen molar-refractivity contribution in [2.75, 3.05) is 0 Å². The molecule has 0 spiro atoms. The molecule has 2 aromatic rings. The van der Waals surface area contributed by atoms with E-state index in [9.17, 15) is 13.6 Å². The molecule has 0 aliphatic rings. The van der Waals surface area contributed by atoms with Crippen LogP contribution in [0.4, 0.5) is 8.78 Å². The van der Waals surface area contributed by atoms with Crippen molar-refractivity contribution in [3.8, 4) is 0 Å². The normalized spacial score (nSPS) is 12.0. The molecule has 2 rings (SSSR count). The van der Waals surface area contributed by atoms with Crippen LogP contribution in [0, 0.1) is 0 Å². The lowest BCUT2D eigenvalue weighted by Crippen LogP contribution is -2.30. The molecule has 1 N–H and O–H groups in total. The predicted octanol–water partition coefficient (Wildman–Crippen LogP) is 3.09. The summed E-state index contributed by atoms with van der Waals surface area (Å²) in [4.78, 5) is 10.4. The maximum absolute atomic E-state index is 13.2. The van der Waals surface area contributed by atoms with E-state index in [-0.39, 0.29) is 5.56 Å². The van der Waals surface area contributed by atoms with Crippen molar-refractivity contribution in [3.63, 3.8) is 0 Å². The van der Waals surface area contributed by atoms with Gasteiger partial charge in [-0.15, -0.1) is 0 Å². The van der Waals surface area contributed by atoms with Crippen LogP contribution in [0.25, 0.3) is 10.9 Å². The number of nitrogens with zero attached hydrogens (tertiary/aromatic N) is 1. The standard InChI is InChI=1S/C12H10ClF2NO2/c1-16-6-7(5-12(14,15)11(17)18)9-3-2-8(13)4-10(9)16/h2-4,6H,5H2,1H3,(H,17,18). The van der Waals surface area contributed by atoms with Crippen molar-refractivity contribution in [1.82, 2.24) is 4.57 Å². The second kappa shape index (κ2) is 4.24. The number of carboxylic acid groups (broad SMARTS) is 1. The molecule has 18 heavy (non-hydrogen) atoms. The smallest absolute Gasteiger partial charge is 0.374 e. The maximum Gasteiger partial charge on any atom is 0.374 e. The molecule has 1 aromatic heterocycles. The highest BCUT2D eigenvalue weighted by atomic mass is 35.5. The molecule has 6 heteroatoms. The van der Waals surface area contributed by atoms with Crippen LogP contribution in [0.15, 0.2) is 24.4 Å². The molecule has 0 saturated carbocycles. The fourth-order valence-corrected chi connectivity index (χ4v) is 2.06. The zero-order valence-corrected chi connectivity index (χ0v) is 10.2. The lowest BCUT2D eigenvalue weighted by atomic mass is 10.1. The topological polar surface area (TPSA) is 42.2 Å². The Morgan fingerprint density at radius 2 is 2.17 bits per heavy atom. The van der Waals surface area contributed by atoms with Gasteiger partial charge in [-0.2, -0.15) is 8.78 Å². The number of carbonyl (C=O) groups is 1. The summed E-state index contributed by atoms with van der Waals surface area (Å²) in [7, 11) is 1.70. The number of aliphatic carboxylic acids is 1. The van der Waals surface area contributed by atoms with Crippen molar-refractivity contribution < 1.29 is 18.7 Å². The quantitative estimate of drug-likeness (QED) is 0.934. The molecule has 1 aromatic carbocycles. The summed E-state index contributed by atoms with van der Waals surface area (Å²) in [5.41, 5.74) is 0.982. The van der Waals surface area contributed by atoms with Gasteiger partial charge in [0.1, 0.15) is 0 Å². The van der Waals surface area contributed by atoms with Crippen molar-refractivity contribution in [1.29, 1.82) is 0 Å². The first-order valence-electron chi connectivity index (χ1n) is 5.16. The highest BCUT2D eigenvalue weighted by Gasteiger charge is 2.39. The Balaban J connectivity index is 2.50. The number of halogens is 3. The van der Waals surface area contributed by atoms with Gasteiger partial charge in [0.15, 0.2) is 0 Å². The van der Waals surface area contributed by atoms with Crippen LogP contribution in [0.2, 0.25) is 5.02 Å². The summed E-state index contributed by atoms with van der Waals surface area (Å²) in [6, 6.07) is 4.86. The molecule has 0 amide bonds. The van der Waals surface area contributed by atoms with Crippen molar-refractivity contribution in [2.24, 2.45) is 7.05 Å². The molecule has 0 fully saturated rings. The van der Waals surface area contributed by atoms with E-state index in [4.69, 9.17) is 16.7 Å². The van der Waals surface area contributed by atoms with Crippen molar-refractivity contribution in [2.45, 2.75) is 12.3 Å². The number of hydrogen-bond acceptors (Lipinski definition) is 1. The molecule has 0 aliphatic carbocycles. The molecule has 0 aliphatic heterocycles. The minimum Gasteiger partial charge on any atom is -0.477 e. The fourth-order valence-electron chi connectivity index (χ4n) is 1.90. The van der Waals surface area contributed by atoms with Crippen LogP contribution in [0.1, 0.15) is 5.56 Å². The molecule has 96 valence electrons. The van der Waals surface area contributed by atoms with E-state index >= 15 is 0 Å². The molecule has 0 saturated heterocycles. The third-order valence-corrected chi connectivity index (χ3v) is 3.00. The number of hydrogen-bond donors (Lipinski definition) is 1. The predicted molar refractivity (Wildman–Crippen MR) is 64.2 cm³/mol. The number of fused-ring (bicyclic) bond motifs is 1. The van der Waals surface area contributed by atoms with E-state index in [1.54, 1.807) is 29.8 Å². The first-order chi connectivity index (χ1) is 8.31. The first kappa shape index (κ1) is 12.8. The third kappa shape index (κ3) is 2.18. The van der Waals surface area contributed by atoms with Crippen LogP contribution in [-0.4, -0.2) is 21.6 Å². The van der Waals surface area contributed by atoms with E-state index in [1.165, 1.54) is 6.20 Å². The van der Waals surface area contributed by atoms with Gasteiger partial charge in [0.25, 0.3) is 0 Å². The Morgan fingerprint density at radius 1 is 1.50 bits per heavy atom. The SMILES string of the molecule is Cn1cc(CC(F)(F)C(=O)O)c2ccc(Cl)cc21. The van der Waals surface area contributed by atoms with Gasteiger partial charge in [0, 0.05) is 35.6 Å². The zero-order chi connectivity index (χ0) is 13.5. The summed E-state index contributed by atoms with van der Waals surface area (Å²) < 4.78 is 28.1. The Kier molecular flexibility index (Phi) is 3.02. The average molecular weight is 274 g/mol. The van der Waals surface area contributed by atoms with E-state index < -0.39 is 18.3 Å². The van der Waals surface area contributed by atoms with Crippen LogP contribution in [0.5, 0.6) is 0 Å². The Bertz CT molecular complexity index is 622. The van der Waals surface area contributed by atoms with Crippen LogP contribution in [-0.2, 0) is 18.3 Å². The molecule has 3 nitrogen and oxygen atoms in total. The summed E-state index contributed by atoms with van der Waals surface area (Å²) in [5, 5.41) is 9.53.